The van der Waals surface area contributed by atoms with Crippen LogP contribution < -0.4 is 5.32 Å². The summed E-state index contributed by atoms with van der Waals surface area (Å²) in [5, 5.41) is 3.39. The fraction of sp³-hybridized carbons (Fsp3) is 0.571. The van der Waals surface area contributed by atoms with Crippen molar-refractivity contribution >= 4 is 28.5 Å². The molecule has 1 saturated heterocycles. The molecular weight excluding hydrogens is 288 g/mol. The van der Waals surface area contributed by atoms with Crippen LogP contribution >= 0.6 is 11.5 Å². The lowest BCUT2D eigenvalue weighted by Gasteiger charge is -2.30. The van der Waals surface area contributed by atoms with E-state index < -0.39 is 0 Å². The zero-order valence-electron chi connectivity index (χ0n) is 12.2. The Morgan fingerprint density at radius 3 is 2.81 bits per heavy atom. The summed E-state index contributed by atoms with van der Waals surface area (Å²) in [4.78, 5) is 29.7. The number of hydrogen-bond donors (Lipinski definition) is 1. The molecule has 1 N–H and O–H groups in total. The fourth-order valence-corrected chi connectivity index (χ4v) is 2.94. The molecule has 2 heterocycles. The van der Waals surface area contributed by atoms with Gasteiger partial charge in [0, 0.05) is 37.0 Å². The summed E-state index contributed by atoms with van der Waals surface area (Å²) in [5.74, 6) is 0.615. The number of anilines is 1. The van der Waals surface area contributed by atoms with Crippen LogP contribution in [-0.4, -0.2) is 39.2 Å². The molecule has 114 valence electrons. The first-order valence-electron chi connectivity index (χ1n) is 7.18. The average molecular weight is 308 g/mol. The highest BCUT2D eigenvalue weighted by Gasteiger charge is 2.27. The second-order valence-corrected chi connectivity index (χ2v) is 5.81. The third kappa shape index (κ3) is 4.10. The fourth-order valence-electron chi connectivity index (χ4n) is 2.33. The molecule has 1 aromatic rings. The number of rotatable bonds is 5. The van der Waals surface area contributed by atoms with E-state index in [0.29, 0.717) is 31.1 Å². The van der Waals surface area contributed by atoms with Gasteiger partial charge in [-0.05, 0) is 25.3 Å². The van der Waals surface area contributed by atoms with Crippen molar-refractivity contribution in [2.24, 2.45) is 5.92 Å². The maximum atomic E-state index is 12.2. The van der Waals surface area contributed by atoms with Gasteiger partial charge >= 0.3 is 0 Å². The van der Waals surface area contributed by atoms with Gasteiger partial charge in [-0.15, -0.1) is 0 Å². The highest BCUT2D eigenvalue weighted by Crippen LogP contribution is 2.20. The van der Waals surface area contributed by atoms with Gasteiger partial charge in [0.15, 0.2) is 0 Å². The molecular formula is C14H20N4O2S. The summed E-state index contributed by atoms with van der Waals surface area (Å²) < 4.78 is 4.20. The molecule has 0 aromatic carbocycles. The van der Waals surface area contributed by atoms with Gasteiger partial charge in [0.2, 0.25) is 16.9 Å². The third-order valence-electron chi connectivity index (χ3n) is 3.52. The molecule has 2 amide bonds. The van der Waals surface area contributed by atoms with E-state index in [9.17, 15) is 9.59 Å². The third-order valence-corrected chi connectivity index (χ3v) is 4.19. The Balaban J connectivity index is 1.84. The first-order chi connectivity index (χ1) is 10.1. The molecule has 0 radical (unpaired) electrons. The highest BCUT2D eigenvalue weighted by molar-refractivity contribution is 7.09. The minimum absolute atomic E-state index is 0.0279. The van der Waals surface area contributed by atoms with Crippen molar-refractivity contribution in [3.05, 3.63) is 18.5 Å². The Bertz CT molecular complexity index is 521. The zero-order chi connectivity index (χ0) is 15.2. The lowest BCUT2D eigenvalue weighted by Crippen LogP contribution is -2.40. The maximum absolute atomic E-state index is 12.2. The minimum Gasteiger partial charge on any atom is -0.339 e. The second kappa shape index (κ2) is 7.31. The SMILES string of the molecule is C=CC(=O)N1CCC(C(=O)Nc2nc(CCC)ns2)CC1. The summed E-state index contributed by atoms with van der Waals surface area (Å²) in [7, 11) is 0. The summed E-state index contributed by atoms with van der Waals surface area (Å²) >= 11 is 1.22. The number of likely N-dealkylation sites (tertiary alicyclic amines) is 1. The van der Waals surface area contributed by atoms with Gasteiger partial charge in [-0.25, -0.2) is 4.98 Å². The number of nitrogens with zero attached hydrogens (tertiary/aromatic N) is 3. The molecule has 0 unspecified atom stereocenters. The molecule has 0 saturated carbocycles. The lowest BCUT2D eigenvalue weighted by molar-refractivity contribution is -0.130. The molecule has 0 bridgehead atoms. The minimum atomic E-state index is -0.0719. The normalized spacial score (nSPS) is 15.8. The maximum Gasteiger partial charge on any atom is 0.245 e. The summed E-state index contributed by atoms with van der Waals surface area (Å²) in [6, 6.07) is 0. The Kier molecular flexibility index (Phi) is 5.44. The van der Waals surface area contributed by atoms with E-state index in [0.717, 1.165) is 18.7 Å². The van der Waals surface area contributed by atoms with Crippen LogP contribution in [0.1, 0.15) is 32.0 Å². The van der Waals surface area contributed by atoms with Crippen LogP contribution in [0.15, 0.2) is 12.7 Å². The lowest BCUT2D eigenvalue weighted by atomic mass is 9.96. The van der Waals surface area contributed by atoms with Crippen LogP contribution in [0.5, 0.6) is 0 Å². The Labute approximate surface area is 128 Å². The number of amides is 2. The molecule has 1 aliphatic rings. The van der Waals surface area contributed by atoms with Crippen LogP contribution in [0.4, 0.5) is 5.13 Å². The molecule has 1 fully saturated rings. The van der Waals surface area contributed by atoms with Gasteiger partial charge in [-0.2, -0.15) is 4.37 Å². The molecule has 0 aliphatic carbocycles. The van der Waals surface area contributed by atoms with E-state index in [1.807, 2.05) is 0 Å². The molecule has 1 aromatic heterocycles. The quantitative estimate of drug-likeness (QED) is 0.842. The van der Waals surface area contributed by atoms with Crippen molar-refractivity contribution in [2.75, 3.05) is 18.4 Å². The predicted octanol–water partition coefficient (Wildman–Crippen LogP) is 1.85. The number of piperidine rings is 1. The highest BCUT2D eigenvalue weighted by atomic mass is 32.1. The van der Waals surface area contributed by atoms with Crippen LogP contribution in [0.25, 0.3) is 0 Å². The molecule has 1 aliphatic heterocycles. The zero-order valence-corrected chi connectivity index (χ0v) is 13.0. The van der Waals surface area contributed by atoms with E-state index in [1.165, 1.54) is 17.6 Å². The topological polar surface area (TPSA) is 75.2 Å². The second-order valence-electron chi connectivity index (χ2n) is 5.06. The van der Waals surface area contributed by atoms with Gasteiger partial charge in [-0.1, -0.05) is 13.5 Å². The number of carbonyl (C=O) groups is 2. The molecule has 6 nitrogen and oxygen atoms in total. The molecule has 0 atom stereocenters. The van der Waals surface area contributed by atoms with Crippen LogP contribution in [0.3, 0.4) is 0 Å². The first kappa shape index (κ1) is 15.6. The average Bonchev–Trinajstić information content (AvgIpc) is 2.94. The van der Waals surface area contributed by atoms with Crippen molar-refractivity contribution in [3.8, 4) is 0 Å². The number of hydrogen-bond acceptors (Lipinski definition) is 5. The largest absolute Gasteiger partial charge is 0.339 e. The Morgan fingerprint density at radius 1 is 1.48 bits per heavy atom. The summed E-state index contributed by atoms with van der Waals surface area (Å²) in [6.07, 6.45) is 4.48. The standard InChI is InChI=1S/C14H20N4O2S/c1-3-5-11-15-14(21-17-11)16-13(20)10-6-8-18(9-7-10)12(19)4-2/h4,10H,2-3,5-9H2,1H3,(H,15,16,17,20). The Hall–Kier alpha value is -1.76. The smallest absolute Gasteiger partial charge is 0.245 e. The van der Waals surface area contributed by atoms with E-state index in [2.05, 4.69) is 28.2 Å². The van der Waals surface area contributed by atoms with E-state index in [1.54, 1.807) is 4.90 Å². The predicted molar refractivity (Wildman–Crippen MR) is 82.0 cm³/mol. The van der Waals surface area contributed by atoms with Crippen LogP contribution in [-0.2, 0) is 16.0 Å². The number of aromatic nitrogens is 2. The van der Waals surface area contributed by atoms with Crippen molar-refractivity contribution in [2.45, 2.75) is 32.6 Å². The molecule has 21 heavy (non-hydrogen) atoms. The first-order valence-corrected chi connectivity index (χ1v) is 7.96. The van der Waals surface area contributed by atoms with Crippen LogP contribution in [0, 0.1) is 5.92 Å². The summed E-state index contributed by atoms with van der Waals surface area (Å²) in [6.45, 7) is 6.74. The summed E-state index contributed by atoms with van der Waals surface area (Å²) in [5.41, 5.74) is 0. The van der Waals surface area contributed by atoms with Gasteiger partial charge in [0.05, 0.1) is 0 Å². The van der Waals surface area contributed by atoms with Gasteiger partial charge in [0.25, 0.3) is 0 Å². The van der Waals surface area contributed by atoms with Crippen molar-refractivity contribution in [1.29, 1.82) is 0 Å². The molecule has 0 spiro atoms. The Morgan fingerprint density at radius 2 is 2.19 bits per heavy atom. The molecule has 2 rings (SSSR count). The monoisotopic (exact) mass is 308 g/mol. The van der Waals surface area contributed by atoms with Gasteiger partial charge in [-0.3, -0.25) is 9.59 Å². The van der Waals surface area contributed by atoms with Crippen molar-refractivity contribution in [3.63, 3.8) is 0 Å². The van der Waals surface area contributed by atoms with Gasteiger partial charge in [0.1, 0.15) is 5.82 Å². The van der Waals surface area contributed by atoms with Crippen molar-refractivity contribution < 1.29 is 9.59 Å². The van der Waals surface area contributed by atoms with Crippen molar-refractivity contribution in [1.82, 2.24) is 14.3 Å². The van der Waals surface area contributed by atoms with E-state index in [4.69, 9.17) is 0 Å². The number of aryl methyl sites for hydroxylation is 1. The number of nitrogens with one attached hydrogen (secondary N) is 1. The van der Waals surface area contributed by atoms with Gasteiger partial charge < -0.3 is 10.2 Å². The van der Waals surface area contributed by atoms with Crippen LogP contribution in [0.2, 0.25) is 0 Å². The number of carbonyl (C=O) groups excluding carboxylic acids is 2. The van der Waals surface area contributed by atoms with E-state index >= 15 is 0 Å². The molecule has 7 heteroatoms. The van der Waals surface area contributed by atoms with E-state index in [-0.39, 0.29) is 17.7 Å².